The maximum Gasteiger partial charge on any atom is 0.306 e. The minimum Gasteiger partial charge on any atom is -0.458 e. The largest absolute Gasteiger partial charge is 0.458 e. The molecule has 5 aliphatic rings. The smallest absolute Gasteiger partial charge is 0.306 e. The van der Waals surface area contributed by atoms with Crippen molar-refractivity contribution in [1.82, 2.24) is 0 Å². The van der Waals surface area contributed by atoms with E-state index in [1.807, 2.05) is 6.92 Å². The minimum atomic E-state index is -1.47. The Balaban J connectivity index is 1.20. The molecular formula is C35H54O5. The van der Waals surface area contributed by atoms with Gasteiger partial charge in [0, 0.05) is 29.6 Å². The molecule has 3 fully saturated rings. The molecule has 5 heteroatoms. The van der Waals surface area contributed by atoms with Crippen LogP contribution < -0.4 is 0 Å². The fraction of sp³-hybridized carbons (Fsp3) is 0.829. The molecular weight excluding hydrogens is 500 g/mol. The third-order valence-corrected chi connectivity index (χ3v) is 12.3. The molecule has 0 aromatic heterocycles. The highest BCUT2D eigenvalue weighted by Crippen LogP contribution is 2.89. The van der Waals surface area contributed by atoms with Gasteiger partial charge in [0.2, 0.25) is 0 Å². The highest BCUT2D eigenvalue weighted by Gasteiger charge is 2.91. The fourth-order valence-electron chi connectivity index (χ4n) is 10.2. The summed E-state index contributed by atoms with van der Waals surface area (Å²) in [5, 5.41) is 22.2. The summed E-state index contributed by atoms with van der Waals surface area (Å²) >= 11 is 0. The zero-order valence-electron chi connectivity index (χ0n) is 25.8. The first-order valence-corrected chi connectivity index (χ1v) is 16.5. The number of aliphatic hydroxyl groups is 2. The topological polar surface area (TPSA) is 83.8 Å². The SMILES string of the molecule is CCCCCCCCCCCCCC(=O)O[C@@]12C[C@@H](C)[C@]34C[C@]35C=C(C)C(=O)[C@@]5(O)CC(CO)=C[C@H]4[C@@H]1C2(C)C. The molecule has 5 nitrogen and oxygen atoms in total. The lowest BCUT2D eigenvalue weighted by atomic mass is 9.63. The Bertz CT molecular complexity index is 1070. The van der Waals surface area contributed by atoms with E-state index in [-0.39, 0.29) is 53.4 Å². The Morgan fingerprint density at radius 3 is 2.23 bits per heavy atom. The van der Waals surface area contributed by atoms with E-state index in [0.717, 1.165) is 31.3 Å². The van der Waals surface area contributed by atoms with Crippen LogP contribution in [0.2, 0.25) is 0 Å². The van der Waals surface area contributed by atoms with Gasteiger partial charge in [-0.2, -0.15) is 0 Å². The minimum absolute atomic E-state index is 0.0622. The molecule has 0 bridgehead atoms. The van der Waals surface area contributed by atoms with E-state index in [0.29, 0.717) is 12.0 Å². The number of carbonyl (C=O) groups is 2. The van der Waals surface area contributed by atoms with Gasteiger partial charge in [-0.15, -0.1) is 0 Å². The monoisotopic (exact) mass is 554 g/mol. The van der Waals surface area contributed by atoms with E-state index >= 15 is 0 Å². The number of unbranched alkanes of at least 4 members (excludes halogenated alkanes) is 10. The molecule has 0 amide bonds. The van der Waals surface area contributed by atoms with Crippen LogP contribution >= 0.6 is 0 Å². The van der Waals surface area contributed by atoms with Gasteiger partial charge in [0.15, 0.2) is 5.78 Å². The Hall–Kier alpha value is -1.46. The number of ketones is 1. The normalized spacial score (nSPS) is 40.2. The van der Waals surface area contributed by atoms with Gasteiger partial charge >= 0.3 is 5.97 Å². The lowest BCUT2D eigenvalue weighted by molar-refractivity contribution is -0.159. The first-order chi connectivity index (χ1) is 19.0. The van der Waals surface area contributed by atoms with Gasteiger partial charge in [-0.3, -0.25) is 9.59 Å². The molecule has 0 unspecified atom stereocenters. The van der Waals surface area contributed by atoms with E-state index in [1.54, 1.807) is 0 Å². The predicted molar refractivity (Wildman–Crippen MR) is 157 cm³/mol. The molecule has 2 spiro atoms. The number of aliphatic hydroxyl groups excluding tert-OH is 1. The fourth-order valence-corrected chi connectivity index (χ4v) is 10.2. The molecule has 40 heavy (non-hydrogen) atoms. The average Bonchev–Trinajstić information content (AvgIpc) is 3.70. The van der Waals surface area contributed by atoms with E-state index in [9.17, 15) is 19.8 Å². The van der Waals surface area contributed by atoms with Crippen molar-refractivity contribution in [2.45, 2.75) is 142 Å². The number of ether oxygens (including phenoxy) is 1. The van der Waals surface area contributed by atoms with Gasteiger partial charge in [0.25, 0.3) is 0 Å². The summed E-state index contributed by atoms with van der Waals surface area (Å²) < 4.78 is 6.45. The number of carbonyl (C=O) groups excluding carboxylic acids is 2. The molecule has 0 aromatic rings. The molecule has 224 valence electrons. The van der Waals surface area contributed by atoms with Crippen LogP contribution in [0.3, 0.4) is 0 Å². The summed E-state index contributed by atoms with van der Waals surface area (Å²) in [4.78, 5) is 26.4. The molecule has 0 aromatic carbocycles. The second-order valence-electron chi connectivity index (χ2n) is 14.8. The zero-order valence-corrected chi connectivity index (χ0v) is 25.8. The number of rotatable bonds is 14. The Morgan fingerprint density at radius 2 is 1.62 bits per heavy atom. The molecule has 2 N–H and O–H groups in total. The van der Waals surface area contributed by atoms with Crippen molar-refractivity contribution in [1.29, 1.82) is 0 Å². The molecule has 0 saturated heterocycles. The first-order valence-electron chi connectivity index (χ1n) is 16.5. The van der Waals surface area contributed by atoms with Crippen LogP contribution in [-0.4, -0.2) is 39.8 Å². The summed E-state index contributed by atoms with van der Waals surface area (Å²) in [7, 11) is 0. The van der Waals surface area contributed by atoms with E-state index in [2.05, 4.69) is 39.8 Å². The second kappa shape index (κ2) is 10.7. The third kappa shape index (κ3) is 4.22. The van der Waals surface area contributed by atoms with Crippen LogP contribution in [-0.2, 0) is 14.3 Å². The predicted octanol–water partition coefficient (Wildman–Crippen LogP) is 7.24. The van der Waals surface area contributed by atoms with Gasteiger partial charge in [-0.05, 0) is 54.6 Å². The maximum atomic E-state index is 13.3. The van der Waals surface area contributed by atoms with Gasteiger partial charge in [0.1, 0.15) is 11.2 Å². The van der Waals surface area contributed by atoms with Crippen molar-refractivity contribution in [2.75, 3.05) is 6.61 Å². The highest BCUT2D eigenvalue weighted by atomic mass is 16.6. The Labute approximate surface area is 242 Å². The number of esters is 1. The van der Waals surface area contributed by atoms with E-state index in [1.165, 1.54) is 57.8 Å². The van der Waals surface area contributed by atoms with Crippen molar-refractivity contribution in [3.05, 3.63) is 23.3 Å². The van der Waals surface area contributed by atoms with Crippen molar-refractivity contribution in [3.8, 4) is 0 Å². The van der Waals surface area contributed by atoms with Crippen molar-refractivity contribution < 1.29 is 24.5 Å². The quantitative estimate of drug-likeness (QED) is 0.134. The summed E-state index contributed by atoms with van der Waals surface area (Å²) in [5.74, 6) is 0.115. The lowest BCUT2D eigenvalue weighted by Gasteiger charge is -2.43. The number of allylic oxidation sites excluding steroid dienone is 1. The molecule has 3 saturated carbocycles. The Kier molecular flexibility index (Phi) is 8.01. The molecule has 7 atom stereocenters. The van der Waals surface area contributed by atoms with Gasteiger partial charge in [-0.25, -0.2) is 0 Å². The molecule has 0 radical (unpaired) electrons. The van der Waals surface area contributed by atoms with Crippen molar-refractivity contribution >= 4 is 11.8 Å². The van der Waals surface area contributed by atoms with Crippen LogP contribution in [0, 0.1) is 34.0 Å². The Morgan fingerprint density at radius 1 is 1.02 bits per heavy atom. The number of hydrogen-bond donors (Lipinski definition) is 2. The summed E-state index contributed by atoms with van der Waals surface area (Å²) in [5.41, 5.74) is -1.60. The van der Waals surface area contributed by atoms with Gasteiger partial charge in [0.05, 0.1) is 6.61 Å². The molecule has 5 aliphatic carbocycles. The first kappa shape index (κ1) is 30.0. The third-order valence-electron chi connectivity index (χ3n) is 12.3. The van der Waals surface area contributed by atoms with Crippen molar-refractivity contribution in [2.24, 2.45) is 34.0 Å². The zero-order chi connectivity index (χ0) is 29.0. The maximum absolute atomic E-state index is 13.3. The van der Waals surface area contributed by atoms with Crippen LogP contribution in [0.15, 0.2) is 23.3 Å². The summed E-state index contributed by atoms with van der Waals surface area (Å²) in [6.07, 6.45) is 20.3. The number of fused-ring (bicyclic) bond motifs is 2. The standard InChI is InChI=1S/C35H54O5/c1-6-7-8-9-10-11-12-13-14-15-16-17-28(37)40-35-20-25(3)33-23-32(33)19-24(2)30(38)34(32,39)21-26(22-36)18-27(33)29(35)31(35,4)5/h18-19,25,27,29,36,39H,6-17,20-23H2,1-5H3/t25-,27+,29-,32-,33+,34+,35+/m1/s1. The van der Waals surface area contributed by atoms with Crippen LogP contribution in [0.4, 0.5) is 0 Å². The van der Waals surface area contributed by atoms with Crippen LogP contribution in [0.25, 0.3) is 0 Å². The van der Waals surface area contributed by atoms with Crippen molar-refractivity contribution in [3.63, 3.8) is 0 Å². The second-order valence-corrected chi connectivity index (χ2v) is 14.8. The van der Waals surface area contributed by atoms with Gasteiger partial charge < -0.3 is 14.9 Å². The summed E-state index contributed by atoms with van der Waals surface area (Å²) in [6, 6.07) is 0. The average molecular weight is 555 g/mol. The molecule has 5 rings (SSSR count). The number of hydrogen-bond acceptors (Lipinski definition) is 5. The van der Waals surface area contributed by atoms with Crippen LogP contribution in [0.1, 0.15) is 131 Å². The highest BCUT2D eigenvalue weighted by molar-refractivity contribution is 6.06. The molecule has 0 heterocycles. The number of Topliss-reactive ketones (excluding diaryl/α,β-unsaturated/α-hetero) is 1. The van der Waals surface area contributed by atoms with E-state index in [4.69, 9.17) is 4.74 Å². The summed E-state index contributed by atoms with van der Waals surface area (Å²) in [6.45, 7) is 10.6. The van der Waals surface area contributed by atoms with Crippen LogP contribution in [0.5, 0.6) is 0 Å². The lowest BCUT2D eigenvalue weighted by Crippen LogP contribution is -2.49. The molecule has 0 aliphatic heterocycles. The van der Waals surface area contributed by atoms with E-state index < -0.39 is 16.6 Å². The van der Waals surface area contributed by atoms with Gasteiger partial charge in [-0.1, -0.05) is 104 Å².